The van der Waals surface area contributed by atoms with Gasteiger partial charge in [-0.15, -0.1) is 0 Å². The van der Waals surface area contributed by atoms with Crippen molar-refractivity contribution in [2.24, 2.45) is 0 Å². The molecule has 34 heavy (non-hydrogen) atoms. The van der Waals surface area contributed by atoms with Crippen molar-refractivity contribution in [1.82, 2.24) is 19.2 Å². The summed E-state index contributed by atoms with van der Waals surface area (Å²) in [7, 11) is 1.65. The molecular formula is C26H26FN5O2. The highest BCUT2D eigenvalue weighted by atomic mass is 19.1. The number of hydrogen-bond donors (Lipinski definition) is 0. The van der Waals surface area contributed by atoms with Crippen molar-refractivity contribution >= 4 is 11.6 Å². The average molecular weight is 460 g/mol. The molecule has 0 saturated carbocycles. The Balaban J connectivity index is 1.42. The van der Waals surface area contributed by atoms with E-state index in [1.165, 1.54) is 16.9 Å². The minimum absolute atomic E-state index is 0.108. The van der Waals surface area contributed by atoms with Gasteiger partial charge in [-0.3, -0.25) is 4.79 Å². The molecule has 3 heterocycles. The van der Waals surface area contributed by atoms with Gasteiger partial charge in [0.2, 0.25) is 0 Å². The highest BCUT2D eigenvalue weighted by Crippen LogP contribution is 2.25. The van der Waals surface area contributed by atoms with Crippen molar-refractivity contribution < 1.29 is 13.9 Å². The number of para-hydroxylation sites is 1. The fraction of sp³-hybridized carbons (Fsp3) is 0.231. The third-order valence-electron chi connectivity index (χ3n) is 6.12. The summed E-state index contributed by atoms with van der Waals surface area (Å²) in [5, 5.41) is 4.41. The number of carbonyl (C=O) groups excluding carboxylic acids is 1. The van der Waals surface area contributed by atoms with Crippen LogP contribution < -0.4 is 9.64 Å². The minimum atomic E-state index is -0.400. The molecule has 1 amide bonds. The smallest absolute Gasteiger partial charge is 0.259 e. The van der Waals surface area contributed by atoms with Gasteiger partial charge in [0.1, 0.15) is 22.8 Å². The number of aromatic nitrogens is 3. The Labute approximate surface area is 197 Å². The van der Waals surface area contributed by atoms with Crippen LogP contribution in [-0.4, -0.2) is 58.4 Å². The molecule has 7 nitrogen and oxygen atoms in total. The third-order valence-corrected chi connectivity index (χ3v) is 6.12. The van der Waals surface area contributed by atoms with Crippen molar-refractivity contribution in [3.63, 3.8) is 0 Å². The van der Waals surface area contributed by atoms with Crippen LogP contribution in [0.25, 0.3) is 11.5 Å². The lowest BCUT2D eigenvalue weighted by atomic mass is 10.2. The number of ether oxygens (including phenoxy) is 1. The van der Waals surface area contributed by atoms with Crippen molar-refractivity contribution in [2.75, 3.05) is 38.2 Å². The molecule has 0 bridgehead atoms. The zero-order valence-corrected chi connectivity index (χ0v) is 19.0. The zero-order chi connectivity index (χ0) is 23.5. The first-order valence-corrected chi connectivity index (χ1v) is 11.3. The molecule has 2 aromatic heterocycles. The second-order valence-electron chi connectivity index (χ2n) is 8.17. The highest BCUT2D eigenvalue weighted by Gasteiger charge is 2.27. The SMILES string of the molecule is COc1ccc(N2CCCN(C(=O)c3cnn(-c4ccccc4F)c3-n3cccc3)CC2)cc1. The third kappa shape index (κ3) is 4.14. The second-order valence-corrected chi connectivity index (χ2v) is 8.17. The fourth-order valence-corrected chi connectivity index (χ4v) is 4.36. The Kier molecular flexibility index (Phi) is 6.03. The van der Waals surface area contributed by atoms with E-state index in [4.69, 9.17) is 4.74 Å². The Bertz CT molecular complexity index is 1270. The number of nitrogens with zero attached hydrogens (tertiary/aromatic N) is 5. The Hall–Kier alpha value is -4.07. The van der Waals surface area contributed by atoms with E-state index in [0.29, 0.717) is 30.2 Å². The molecule has 0 radical (unpaired) electrons. The number of benzene rings is 2. The molecule has 1 fully saturated rings. The van der Waals surface area contributed by atoms with Crippen LogP contribution in [0.15, 0.2) is 79.3 Å². The van der Waals surface area contributed by atoms with Gasteiger partial charge < -0.3 is 19.1 Å². The maximum atomic E-state index is 14.6. The van der Waals surface area contributed by atoms with E-state index in [9.17, 15) is 9.18 Å². The molecule has 1 aliphatic heterocycles. The molecule has 0 unspecified atom stereocenters. The van der Waals surface area contributed by atoms with Crippen LogP contribution in [0, 0.1) is 5.82 Å². The average Bonchev–Trinajstić information content (AvgIpc) is 3.48. The van der Waals surface area contributed by atoms with Crippen molar-refractivity contribution in [3.05, 3.63) is 90.6 Å². The van der Waals surface area contributed by atoms with Gasteiger partial charge in [-0.05, 0) is 55.0 Å². The van der Waals surface area contributed by atoms with Gasteiger partial charge >= 0.3 is 0 Å². The van der Waals surface area contributed by atoms with Gasteiger partial charge in [0.15, 0.2) is 5.82 Å². The number of halogens is 1. The summed E-state index contributed by atoms with van der Waals surface area (Å²) in [5.41, 5.74) is 1.85. The summed E-state index contributed by atoms with van der Waals surface area (Å²) < 4.78 is 23.1. The summed E-state index contributed by atoms with van der Waals surface area (Å²) in [6.45, 7) is 2.80. The summed E-state index contributed by atoms with van der Waals surface area (Å²) in [6.07, 6.45) is 6.05. The van der Waals surface area contributed by atoms with Gasteiger partial charge in [-0.1, -0.05) is 12.1 Å². The van der Waals surface area contributed by atoms with Gasteiger partial charge in [0, 0.05) is 44.3 Å². The van der Waals surface area contributed by atoms with Crippen molar-refractivity contribution in [2.45, 2.75) is 6.42 Å². The Morgan fingerprint density at radius 1 is 0.941 bits per heavy atom. The van der Waals surface area contributed by atoms with E-state index in [1.807, 2.05) is 53.7 Å². The Morgan fingerprint density at radius 2 is 1.71 bits per heavy atom. The predicted octanol–water partition coefficient (Wildman–Crippen LogP) is 4.16. The number of carbonyl (C=O) groups is 1. The van der Waals surface area contributed by atoms with Crippen molar-refractivity contribution in [1.29, 1.82) is 0 Å². The van der Waals surface area contributed by atoms with E-state index in [1.54, 1.807) is 29.9 Å². The molecule has 1 saturated heterocycles. The number of rotatable bonds is 5. The molecule has 5 rings (SSSR count). The number of anilines is 1. The number of methoxy groups -OCH3 is 1. The highest BCUT2D eigenvalue weighted by molar-refractivity contribution is 5.97. The van der Waals surface area contributed by atoms with Crippen LogP contribution in [-0.2, 0) is 0 Å². The van der Waals surface area contributed by atoms with Crippen LogP contribution in [0.2, 0.25) is 0 Å². The Morgan fingerprint density at radius 3 is 2.44 bits per heavy atom. The zero-order valence-electron chi connectivity index (χ0n) is 19.0. The summed E-state index contributed by atoms with van der Waals surface area (Å²) in [4.78, 5) is 17.8. The van der Waals surface area contributed by atoms with Crippen LogP contribution in [0.5, 0.6) is 5.75 Å². The van der Waals surface area contributed by atoms with Gasteiger partial charge in [0.05, 0.1) is 13.3 Å². The standard InChI is InChI=1S/C26H26FN5O2/c1-34-21-11-9-20(10-12-21)29-15-6-16-31(18-17-29)26(33)22-19-28-32(24-8-3-2-7-23(24)27)25(22)30-13-4-5-14-30/h2-5,7-14,19H,6,15-18H2,1H3. The van der Waals surface area contributed by atoms with E-state index in [2.05, 4.69) is 10.00 Å². The van der Waals surface area contributed by atoms with Gasteiger partial charge in [0.25, 0.3) is 5.91 Å². The monoisotopic (exact) mass is 459 g/mol. The summed E-state index contributed by atoms with van der Waals surface area (Å²) >= 11 is 0. The molecule has 0 spiro atoms. The van der Waals surface area contributed by atoms with E-state index >= 15 is 0 Å². The van der Waals surface area contributed by atoms with E-state index < -0.39 is 5.82 Å². The van der Waals surface area contributed by atoms with Crippen LogP contribution in [0.1, 0.15) is 16.8 Å². The first-order chi connectivity index (χ1) is 16.7. The summed E-state index contributed by atoms with van der Waals surface area (Å²) in [6, 6.07) is 18.1. The summed E-state index contributed by atoms with van der Waals surface area (Å²) in [5.74, 6) is 0.835. The maximum Gasteiger partial charge on any atom is 0.259 e. The fourth-order valence-electron chi connectivity index (χ4n) is 4.36. The largest absolute Gasteiger partial charge is 0.497 e. The quantitative estimate of drug-likeness (QED) is 0.450. The predicted molar refractivity (Wildman–Crippen MR) is 129 cm³/mol. The number of hydrogen-bond acceptors (Lipinski definition) is 4. The first-order valence-electron chi connectivity index (χ1n) is 11.3. The molecule has 0 aliphatic carbocycles. The van der Waals surface area contributed by atoms with Crippen LogP contribution in [0.4, 0.5) is 10.1 Å². The van der Waals surface area contributed by atoms with Crippen molar-refractivity contribution in [3.8, 4) is 17.3 Å². The van der Waals surface area contributed by atoms with E-state index in [0.717, 1.165) is 30.9 Å². The molecule has 4 aromatic rings. The molecule has 8 heteroatoms. The molecule has 1 aliphatic rings. The molecule has 2 aromatic carbocycles. The lowest BCUT2D eigenvalue weighted by molar-refractivity contribution is 0.0767. The molecule has 0 N–H and O–H groups in total. The molecular weight excluding hydrogens is 433 g/mol. The second kappa shape index (κ2) is 9.43. The van der Waals surface area contributed by atoms with Crippen LogP contribution >= 0.6 is 0 Å². The number of amides is 1. The first kappa shape index (κ1) is 21.8. The van der Waals surface area contributed by atoms with E-state index in [-0.39, 0.29) is 5.91 Å². The van der Waals surface area contributed by atoms with Gasteiger partial charge in [-0.2, -0.15) is 5.10 Å². The normalized spacial score (nSPS) is 14.2. The lowest BCUT2D eigenvalue weighted by Crippen LogP contribution is -2.35. The van der Waals surface area contributed by atoms with Gasteiger partial charge in [-0.25, -0.2) is 9.07 Å². The minimum Gasteiger partial charge on any atom is -0.497 e. The molecule has 174 valence electrons. The molecule has 0 atom stereocenters. The van der Waals surface area contributed by atoms with Crippen LogP contribution in [0.3, 0.4) is 0 Å². The topological polar surface area (TPSA) is 55.5 Å². The lowest BCUT2D eigenvalue weighted by Gasteiger charge is -2.24. The maximum absolute atomic E-state index is 14.6.